The predicted octanol–water partition coefficient (Wildman–Crippen LogP) is 7.95. The van der Waals surface area contributed by atoms with Crippen molar-refractivity contribution in [2.75, 3.05) is 0 Å². The minimum Gasteiger partial charge on any atom is -0.204 e. The van der Waals surface area contributed by atoms with Gasteiger partial charge in [0.05, 0.1) is 5.16 Å². The molecule has 30 heavy (non-hydrogen) atoms. The molecule has 0 aliphatic heterocycles. The van der Waals surface area contributed by atoms with Crippen molar-refractivity contribution in [3.8, 4) is 11.8 Å². The number of aliphatic imine (C=N–C) groups is 1. The molecule has 4 heteroatoms. The van der Waals surface area contributed by atoms with Crippen LogP contribution in [0.25, 0.3) is 0 Å². The zero-order valence-electron chi connectivity index (χ0n) is 17.4. The van der Waals surface area contributed by atoms with Gasteiger partial charge in [-0.1, -0.05) is 56.6 Å². The summed E-state index contributed by atoms with van der Waals surface area (Å²) in [4.78, 5) is 3.41. The van der Waals surface area contributed by atoms with Crippen LogP contribution < -0.4 is 0 Å². The summed E-state index contributed by atoms with van der Waals surface area (Å²) in [5.74, 6) is 5.75. The highest BCUT2D eigenvalue weighted by molar-refractivity contribution is 7.78. The minimum absolute atomic E-state index is 0.263. The Morgan fingerprint density at radius 1 is 0.933 bits per heavy atom. The molecule has 1 aliphatic rings. The smallest absolute Gasteiger partial charge is 0.153 e. The van der Waals surface area contributed by atoms with Crippen LogP contribution in [-0.2, 0) is 0 Å². The summed E-state index contributed by atoms with van der Waals surface area (Å²) in [5.41, 5.74) is 2.03. The first-order valence-electron chi connectivity index (χ1n) is 10.8. The van der Waals surface area contributed by atoms with Gasteiger partial charge in [-0.25, -0.2) is 8.78 Å². The van der Waals surface area contributed by atoms with E-state index in [-0.39, 0.29) is 5.56 Å². The van der Waals surface area contributed by atoms with Crippen LogP contribution >= 0.6 is 12.2 Å². The van der Waals surface area contributed by atoms with Gasteiger partial charge in [-0.05, 0) is 79.6 Å². The maximum Gasteiger partial charge on any atom is 0.153 e. The average molecular weight is 424 g/mol. The molecule has 1 aliphatic carbocycles. The topological polar surface area (TPSA) is 12.4 Å². The Hall–Kier alpha value is -2.34. The Labute approximate surface area is 183 Å². The molecule has 0 N–H and O–H groups in total. The summed E-state index contributed by atoms with van der Waals surface area (Å²) in [6.45, 7) is 2.26. The lowest BCUT2D eigenvalue weighted by Gasteiger charge is -2.29. The molecular formula is C26H27F2NS. The average Bonchev–Trinajstić information content (AvgIpc) is 2.76. The first-order chi connectivity index (χ1) is 14.6. The number of nitrogens with zero attached hydrogens (tertiary/aromatic N) is 1. The molecule has 2 aromatic rings. The Bertz CT molecular complexity index is 934. The first-order valence-corrected chi connectivity index (χ1v) is 11.2. The summed E-state index contributed by atoms with van der Waals surface area (Å²) >= 11 is 4.41. The molecule has 1 saturated carbocycles. The normalized spacial score (nSPS) is 18.2. The van der Waals surface area contributed by atoms with Crippen molar-refractivity contribution in [1.82, 2.24) is 0 Å². The van der Waals surface area contributed by atoms with Crippen LogP contribution in [0.5, 0.6) is 0 Å². The molecular weight excluding hydrogens is 396 g/mol. The lowest BCUT2D eigenvalue weighted by atomic mass is 9.77. The van der Waals surface area contributed by atoms with Gasteiger partial charge in [0.1, 0.15) is 5.69 Å². The summed E-state index contributed by atoms with van der Waals surface area (Å²) in [5, 5.41) is 1.98. The number of rotatable bonds is 6. The second-order valence-electron chi connectivity index (χ2n) is 8.08. The van der Waals surface area contributed by atoms with Gasteiger partial charge in [0.2, 0.25) is 0 Å². The summed E-state index contributed by atoms with van der Waals surface area (Å²) in [6, 6.07) is 10.6. The van der Waals surface area contributed by atoms with Crippen LogP contribution in [0.3, 0.4) is 0 Å². The maximum atomic E-state index is 13.9. The van der Waals surface area contributed by atoms with Gasteiger partial charge >= 0.3 is 0 Å². The zero-order valence-corrected chi connectivity index (χ0v) is 18.2. The van der Waals surface area contributed by atoms with Crippen molar-refractivity contribution < 1.29 is 8.78 Å². The number of benzene rings is 2. The van der Waals surface area contributed by atoms with Crippen molar-refractivity contribution in [3.63, 3.8) is 0 Å². The van der Waals surface area contributed by atoms with E-state index >= 15 is 0 Å². The molecule has 1 nitrogen and oxygen atoms in total. The Morgan fingerprint density at radius 3 is 2.17 bits per heavy atom. The van der Waals surface area contributed by atoms with E-state index in [1.165, 1.54) is 56.9 Å². The Morgan fingerprint density at radius 2 is 1.57 bits per heavy atom. The molecule has 0 heterocycles. The van der Waals surface area contributed by atoms with Gasteiger partial charge in [0.25, 0.3) is 0 Å². The molecule has 0 radical (unpaired) electrons. The molecule has 3 rings (SSSR count). The molecule has 0 spiro atoms. The second-order valence-corrected chi connectivity index (χ2v) is 8.26. The molecule has 0 aromatic heterocycles. The second kappa shape index (κ2) is 11.2. The molecule has 1 fully saturated rings. The van der Waals surface area contributed by atoms with Crippen molar-refractivity contribution in [3.05, 3.63) is 64.7 Å². The first kappa shape index (κ1) is 22.3. The van der Waals surface area contributed by atoms with E-state index in [2.05, 4.69) is 48.1 Å². The van der Waals surface area contributed by atoms with Gasteiger partial charge in [-0.3, -0.25) is 0 Å². The van der Waals surface area contributed by atoms with E-state index in [0.29, 0.717) is 5.92 Å². The van der Waals surface area contributed by atoms with Crippen LogP contribution in [0.4, 0.5) is 14.5 Å². The van der Waals surface area contributed by atoms with Crippen LogP contribution in [0, 0.1) is 29.4 Å². The minimum atomic E-state index is -0.794. The predicted molar refractivity (Wildman–Crippen MR) is 122 cm³/mol. The number of hydrogen-bond donors (Lipinski definition) is 0. The Kier molecular flexibility index (Phi) is 8.31. The van der Waals surface area contributed by atoms with E-state index in [1.54, 1.807) is 0 Å². The molecule has 156 valence electrons. The summed E-state index contributed by atoms with van der Waals surface area (Å²) < 4.78 is 27.8. The van der Waals surface area contributed by atoms with Gasteiger partial charge in [-0.2, -0.15) is 4.99 Å². The third kappa shape index (κ3) is 6.08. The van der Waals surface area contributed by atoms with Gasteiger partial charge < -0.3 is 0 Å². The van der Waals surface area contributed by atoms with Gasteiger partial charge in [0, 0.05) is 11.1 Å². The maximum absolute atomic E-state index is 13.9. The summed E-state index contributed by atoms with van der Waals surface area (Å²) in [6.07, 6.45) is 10.6. The van der Waals surface area contributed by atoms with Crippen molar-refractivity contribution in [1.29, 1.82) is 0 Å². The fourth-order valence-corrected chi connectivity index (χ4v) is 4.33. The lowest BCUT2D eigenvalue weighted by Crippen LogP contribution is -2.13. The molecule has 0 saturated heterocycles. The monoisotopic (exact) mass is 423 g/mol. The third-order valence-corrected chi connectivity index (χ3v) is 6.06. The molecule has 0 amide bonds. The van der Waals surface area contributed by atoms with E-state index < -0.39 is 17.3 Å². The largest absolute Gasteiger partial charge is 0.204 e. The van der Waals surface area contributed by atoms with Gasteiger partial charge in [0.15, 0.2) is 11.6 Å². The number of thiocarbonyl (C=S) groups is 1. The summed E-state index contributed by atoms with van der Waals surface area (Å²) in [7, 11) is 0. The van der Waals surface area contributed by atoms with Crippen molar-refractivity contribution in [2.24, 2.45) is 10.9 Å². The fourth-order valence-electron chi connectivity index (χ4n) is 4.24. The lowest BCUT2D eigenvalue weighted by molar-refractivity contribution is 0.303. The highest BCUT2D eigenvalue weighted by Gasteiger charge is 2.21. The molecule has 0 atom stereocenters. The SMILES string of the molecule is CCCCCC1CCC(c2ccc(C#Cc3cc(F)c(N=C=S)c(F)c3)cc2)CC1. The number of halogens is 2. The zero-order chi connectivity index (χ0) is 21.3. The fraction of sp³-hybridized carbons (Fsp3) is 0.423. The standard InChI is InChI=1S/C26H27F2NS/c1-2-3-4-5-19-8-12-22(13-9-19)23-14-10-20(11-15-23)6-7-21-16-24(27)26(29-18-30)25(28)17-21/h10-11,14-17,19,22H,2-5,8-9,12-13H2,1H3. The number of hydrogen-bond acceptors (Lipinski definition) is 2. The highest BCUT2D eigenvalue weighted by Crippen LogP contribution is 2.37. The van der Waals surface area contributed by atoms with Crippen molar-refractivity contribution >= 4 is 23.1 Å². The van der Waals surface area contributed by atoms with Gasteiger partial charge in [-0.15, -0.1) is 0 Å². The molecule has 0 bridgehead atoms. The van der Waals surface area contributed by atoms with Crippen LogP contribution in [0.15, 0.2) is 41.4 Å². The quantitative estimate of drug-likeness (QED) is 0.199. The molecule has 2 aromatic carbocycles. The van der Waals surface area contributed by atoms with Crippen LogP contribution in [-0.4, -0.2) is 5.16 Å². The molecule has 0 unspecified atom stereocenters. The van der Waals surface area contributed by atoms with E-state index in [1.807, 2.05) is 17.3 Å². The van der Waals surface area contributed by atoms with Crippen LogP contribution in [0.2, 0.25) is 0 Å². The van der Waals surface area contributed by atoms with E-state index in [9.17, 15) is 8.78 Å². The number of isothiocyanates is 1. The van der Waals surface area contributed by atoms with E-state index in [0.717, 1.165) is 23.6 Å². The Balaban J connectivity index is 1.61. The van der Waals surface area contributed by atoms with E-state index in [4.69, 9.17) is 0 Å². The van der Waals surface area contributed by atoms with Crippen molar-refractivity contribution in [2.45, 2.75) is 64.2 Å². The highest BCUT2D eigenvalue weighted by atomic mass is 32.1. The third-order valence-electron chi connectivity index (χ3n) is 5.97. The van der Waals surface area contributed by atoms with Crippen LogP contribution in [0.1, 0.15) is 80.9 Å². The number of unbranched alkanes of at least 4 members (excludes halogenated alkanes) is 2.